The molecule has 0 bridgehead atoms. The first-order chi connectivity index (χ1) is 15.5. The van der Waals surface area contributed by atoms with Crippen molar-refractivity contribution in [2.45, 2.75) is 71.9 Å². The Morgan fingerprint density at radius 1 is 1.19 bits per heavy atom. The fraction of sp³-hybridized carbons (Fsp3) is 0.615. The lowest BCUT2D eigenvalue weighted by molar-refractivity contribution is 0.164. The highest BCUT2D eigenvalue weighted by atomic mass is 16.4. The number of likely N-dealkylation sites (tertiary alicyclic amines) is 1. The zero-order chi connectivity index (χ0) is 22.5. The number of hydrogen-bond donors (Lipinski definition) is 2. The minimum atomic E-state index is 0.239. The zero-order valence-corrected chi connectivity index (χ0v) is 20.2. The van der Waals surface area contributed by atoms with Gasteiger partial charge in [-0.05, 0) is 95.0 Å². The van der Waals surface area contributed by atoms with Crippen LogP contribution in [0.25, 0.3) is 0 Å². The number of rotatable bonds is 6. The summed E-state index contributed by atoms with van der Waals surface area (Å²) in [5.41, 5.74) is 5.42. The molecule has 2 aliphatic rings. The smallest absolute Gasteiger partial charge is 0.208 e. The molecule has 6 nitrogen and oxygen atoms in total. The van der Waals surface area contributed by atoms with Crippen molar-refractivity contribution < 1.29 is 4.42 Å². The van der Waals surface area contributed by atoms with Crippen LogP contribution in [0.1, 0.15) is 72.7 Å². The molecule has 174 valence electrons. The molecule has 1 aromatic carbocycles. The van der Waals surface area contributed by atoms with Crippen molar-refractivity contribution in [3.63, 3.8) is 0 Å². The van der Waals surface area contributed by atoms with Crippen LogP contribution in [0.3, 0.4) is 0 Å². The van der Waals surface area contributed by atoms with E-state index in [0.717, 1.165) is 49.5 Å². The van der Waals surface area contributed by atoms with Crippen molar-refractivity contribution in [3.8, 4) is 0 Å². The fourth-order valence-electron chi connectivity index (χ4n) is 4.89. The number of aryl methyl sites for hydroxylation is 4. The lowest BCUT2D eigenvalue weighted by Crippen LogP contribution is -2.43. The molecule has 1 saturated heterocycles. The van der Waals surface area contributed by atoms with Crippen LogP contribution in [0.15, 0.2) is 27.6 Å². The van der Waals surface area contributed by atoms with Crippen molar-refractivity contribution in [3.05, 3.63) is 52.2 Å². The summed E-state index contributed by atoms with van der Waals surface area (Å²) >= 11 is 0. The first-order valence-corrected chi connectivity index (χ1v) is 12.3. The molecule has 2 N–H and O–H groups in total. The van der Waals surface area contributed by atoms with Crippen molar-refractivity contribution in [1.29, 1.82) is 0 Å². The van der Waals surface area contributed by atoms with Gasteiger partial charge < -0.3 is 15.1 Å². The maximum atomic E-state index is 5.75. The van der Waals surface area contributed by atoms with Gasteiger partial charge in [0, 0.05) is 13.6 Å². The quantitative estimate of drug-likeness (QED) is 0.521. The van der Waals surface area contributed by atoms with E-state index in [1.165, 1.54) is 55.2 Å². The molecule has 1 fully saturated rings. The van der Waals surface area contributed by atoms with Gasteiger partial charge in [-0.3, -0.25) is 9.89 Å². The van der Waals surface area contributed by atoms with E-state index < -0.39 is 0 Å². The van der Waals surface area contributed by atoms with E-state index >= 15 is 0 Å². The normalized spacial score (nSPS) is 18.9. The predicted molar refractivity (Wildman–Crippen MR) is 130 cm³/mol. The van der Waals surface area contributed by atoms with Crippen molar-refractivity contribution in [1.82, 2.24) is 20.5 Å². The Kier molecular flexibility index (Phi) is 7.51. The molecule has 0 spiro atoms. The van der Waals surface area contributed by atoms with Crippen LogP contribution in [0.2, 0.25) is 0 Å². The molecule has 0 saturated carbocycles. The summed E-state index contributed by atoms with van der Waals surface area (Å²) < 4.78 is 5.75. The number of guanidine groups is 1. The molecular weight excluding hydrogens is 398 g/mol. The first-order valence-electron chi connectivity index (χ1n) is 12.3. The van der Waals surface area contributed by atoms with Gasteiger partial charge in [0.2, 0.25) is 5.89 Å². The number of hydrogen-bond acceptors (Lipinski definition) is 4. The van der Waals surface area contributed by atoms with E-state index in [0.29, 0.717) is 5.92 Å². The zero-order valence-electron chi connectivity index (χ0n) is 20.2. The minimum Gasteiger partial charge on any atom is -0.444 e. The summed E-state index contributed by atoms with van der Waals surface area (Å²) in [4.78, 5) is 11.4. The summed E-state index contributed by atoms with van der Waals surface area (Å²) in [7, 11) is 1.86. The van der Waals surface area contributed by atoms with E-state index in [9.17, 15) is 0 Å². The molecular formula is C26H39N5O. The molecule has 6 heteroatoms. The summed E-state index contributed by atoms with van der Waals surface area (Å²) in [5.74, 6) is 3.33. The number of oxazole rings is 1. The van der Waals surface area contributed by atoms with Crippen LogP contribution in [-0.2, 0) is 19.4 Å². The van der Waals surface area contributed by atoms with Gasteiger partial charge in [-0.25, -0.2) is 4.98 Å². The second-order valence-electron chi connectivity index (χ2n) is 9.52. The van der Waals surface area contributed by atoms with E-state index in [4.69, 9.17) is 4.42 Å². The standard InChI is InChI=1S/C26H39N5O/c1-18-20(3)32-25(29-18)17-31-13-11-21(12-14-31)16-28-26(27-4)30-19(2)23-10-9-22-7-5-6-8-24(22)15-23/h9-10,15,19,21H,5-8,11-14,16-17H2,1-4H3,(H2,27,28,30). The van der Waals surface area contributed by atoms with Crippen molar-refractivity contribution in [2.75, 3.05) is 26.7 Å². The van der Waals surface area contributed by atoms with Gasteiger partial charge in [0.25, 0.3) is 0 Å². The molecule has 32 heavy (non-hydrogen) atoms. The van der Waals surface area contributed by atoms with E-state index in [2.05, 4.69) is 50.6 Å². The second kappa shape index (κ2) is 10.5. The van der Waals surface area contributed by atoms with Gasteiger partial charge in [-0.15, -0.1) is 0 Å². The maximum absolute atomic E-state index is 5.75. The molecule has 1 aliphatic heterocycles. The highest BCUT2D eigenvalue weighted by molar-refractivity contribution is 5.80. The lowest BCUT2D eigenvalue weighted by Gasteiger charge is -2.31. The number of aliphatic imine (C=N–C) groups is 1. The molecule has 1 aliphatic carbocycles. The van der Waals surface area contributed by atoms with E-state index in [-0.39, 0.29) is 6.04 Å². The highest BCUT2D eigenvalue weighted by Crippen LogP contribution is 2.25. The van der Waals surface area contributed by atoms with Crippen LogP contribution in [0.4, 0.5) is 0 Å². The summed E-state index contributed by atoms with van der Waals surface area (Å²) in [6.45, 7) is 10.2. The summed E-state index contributed by atoms with van der Waals surface area (Å²) in [6, 6.07) is 7.24. The Hall–Kier alpha value is -2.34. The Morgan fingerprint density at radius 2 is 1.94 bits per heavy atom. The van der Waals surface area contributed by atoms with Gasteiger partial charge in [-0.2, -0.15) is 0 Å². The number of benzene rings is 1. The fourth-order valence-corrected chi connectivity index (χ4v) is 4.89. The van der Waals surface area contributed by atoms with Crippen LogP contribution in [0.5, 0.6) is 0 Å². The van der Waals surface area contributed by atoms with Crippen molar-refractivity contribution >= 4 is 5.96 Å². The second-order valence-corrected chi connectivity index (χ2v) is 9.52. The van der Waals surface area contributed by atoms with Crippen LogP contribution in [0, 0.1) is 19.8 Å². The molecule has 0 radical (unpaired) electrons. The molecule has 0 amide bonds. The molecule has 1 unspecified atom stereocenters. The third-order valence-electron chi connectivity index (χ3n) is 7.15. The molecule has 1 aromatic heterocycles. The third kappa shape index (κ3) is 5.71. The number of piperidine rings is 1. The first kappa shape index (κ1) is 22.8. The Bertz CT molecular complexity index is 907. The van der Waals surface area contributed by atoms with Gasteiger partial charge in [0.05, 0.1) is 18.3 Å². The molecule has 4 rings (SSSR count). The summed E-state index contributed by atoms with van der Waals surface area (Å²) in [6.07, 6.45) is 7.46. The van der Waals surface area contributed by atoms with Crippen LogP contribution in [-0.4, -0.2) is 42.5 Å². The number of nitrogens with zero attached hydrogens (tertiary/aromatic N) is 3. The van der Waals surface area contributed by atoms with Crippen LogP contribution < -0.4 is 10.6 Å². The Labute approximate surface area is 192 Å². The van der Waals surface area contributed by atoms with E-state index in [1.807, 2.05) is 20.9 Å². The Balaban J connectivity index is 1.22. The van der Waals surface area contributed by atoms with Crippen LogP contribution >= 0.6 is 0 Å². The summed E-state index contributed by atoms with van der Waals surface area (Å²) in [5, 5.41) is 7.15. The molecule has 2 aromatic rings. The minimum absolute atomic E-state index is 0.239. The SMILES string of the molecule is CN=C(NCC1CCN(Cc2nc(C)c(C)o2)CC1)NC(C)c1ccc2c(c1)CCCC2. The lowest BCUT2D eigenvalue weighted by atomic mass is 9.89. The Morgan fingerprint density at radius 3 is 2.62 bits per heavy atom. The van der Waals surface area contributed by atoms with Gasteiger partial charge in [0.1, 0.15) is 5.76 Å². The molecule has 2 heterocycles. The third-order valence-corrected chi connectivity index (χ3v) is 7.15. The largest absolute Gasteiger partial charge is 0.444 e. The monoisotopic (exact) mass is 437 g/mol. The molecule has 1 atom stereocenters. The highest BCUT2D eigenvalue weighted by Gasteiger charge is 2.21. The maximum Gasteiger partial charge on any atom is 0.208 e. The average molecular weight is 438 g/mol. The van der Waals surface area contributed by atoms with Gasteiger partial charge in [-0.1, -0.05) is 18.2 Å². The predicted octanol–water partition coefficient (Wildman–Crippen LogP) is 4.31. The number of nitrogens with one attached hydrogen (secondary N) is 2. The number of aromatic nitrogens is 1. The van der Waals surface area contributed by atoms with Gasteiger partial charge in [0.15, 0.2) is 5.96 Å². The van der Waals surface area contributed by atoms with E-state index in [1.54, 1.807) is 0 Å². The average Bonchev–Trinajstić information content (AvgIpc) is 3.13. The van der Waals surface area contributed by atoms with Crippen molar-refractivity contribution in [2.24, 2.45) is 10.9 Å². The topological polar surface area (TPSA) is 65.7 Å². The number of fused-ring (bicyclic) bond motifs is 1. The van der Waals surface area contributed by atoms with Gasteiger partial charge >= 0.3 is 0 Å².